The van der Waals surface area contributed by atoms with Crippen molar-refractivity contribution in [2.45, 2.75) is 31.3 Å². The fraction of sp³-hybridized carbons (Fsp3) is 0.294. The molecule has 1 N–H and O–H groups in total. The van der Waals surface area contributed by atoms with Gasteiger partial charge in [0.25, 0.3) is 0 Å². The number of aliphatic hydroxyl groups excluding tert-OH is 1. The molecule has 1 nitrogen and oxygen atoms in total. The van der Waals surface area contributed by atoms with E-state index in [9.17, 15) is 5.11 Å². The third kappa shape index (κ3) is 2.90. The van der Waals surface area contributed by atoms with Crippen LogP contribution in [-0.2, 0) is 6.42 Å². The average Bonchev–Trinajstić information content (AvgIpc) is 3.26. The van der Waals surface area contributed by atoms with Crippen molar-refractivity contribution in [2.75, 3.05) is 0 Å². The van der Waals surface area contributed by atoms with E-state index < -0.39 is 6.10 Å². The minimum absolute atomic E-state index is 0.421. The Kier molecular flexibility index (Phi) is 3.72. The maximum Gasteiger partial charge on any atom is 0.0833 e. The largest absolute Gasteiger partial charge is 0.388 e. The first-order valence-electron chi connectivity index (χ1n) is 6.76. The van der Waals surface area contributed by atoms with Crippen molar-refractivity contribution in [1.29, 1.82) is 0 Å². The van der Waals surface area contributed by atoms with Gasteiger partial charge in [0.1, 0.15) is 0 Å². The average molecular weight is 317 g/mol. The summed E-state index contributed by atoms with van der Waals surface area (Å²) < 4.78 is 1.07. The summed E-state index contributed by atoms with van der Waals surface area (Å²) in [4.78, 5) is 0. The zero-order valence-electron chi connectivity index (χ0n) is 10.7. The summed E-state index contributed by atoms with van der Waals surface area (Å²) in [5.74, 6) is 0.671. The van der Waals surface area contributed by atoms with Gasteiger partial charge in [-0.2, -0.15) is 0 Å². The third-order valence-corrected chi connectivity index (χ3v) is 4.52. The zero-order chi connectivity index (χ0) is 13.2. The van der Waals surface area contributed by atoms with E-state index in [2.05, 4.69) is 40.2 Å². The van der Waals surface area contributed by atoms with Crippen LogP contribution in [0.4, 0.5) is 0 Å². The molecule has 1 saturated carbocycles. The summed E-state index contributed by atoms with van der Waals surface area (Å²) >= 11 is 3.55. The van der Waals surface area contributed by atoms with Crippen LogP contribution in [0.15, 0.2) is 53.0 Å². The van der Waals surface area contributed by atoms with Crippen LogP contribution in [0.5, 0.6) is 0 Å². The molecule has 0 radical (unpaired) electrons. The van der Waals surface area contributed by atoms with Gasteiger partial charge in [-0.1, -0.05) is 58.4 Å². The predicted octanol–water partition coefficient (Wildman–Crippen LogP) is 4.60. The Morgan fingerprint density at radius 1 is 1.05 bits per heavy atom. The van der Waals surface area contributed by atoms with Gasteiger partial charge in [-0.25, -0.2) is 0 Å². The van der Waals surface area contributed by atoms with E-state index in [1.165, 1.54) is 18.4 Å². The van der Waals surface area contributed by atoms with Crippen LogP contribution < -0.4 is 0 Å². The Bertz CT molecular complexity index is 575. The van der Waals surface area contributed by atoms with Gasteiger partial charge in [0.15, 0.2) is 0 Å². The normalized spacial score (nSPS) is 16.3. The number of benzene rings is 2. The van der Waals surface area contributed by atoms with Crippen molar-refractivity contribution in [1.82, 2.24) is 0 Å². The molecule has 2 aromatic rings. The molecule has 0 aromatic heterocycles. The molecular formula is C17H17BrO. The maximum absolute atomic E-state index is 10.5. The molecule has 0 spiro atoms. The fourth-order valence-corrected chi connectivity index (χ4v) is 3.01. The summed E-state index contributed by atoms with van der Waals surface area (Å²) in [7, 11) is 0. The number of aliphatic hydroxyl groups is 1. The lowest BCUT2D eigenvalue weighted by Gasteiger charge is -2.16. The number of halogens is 1. The van der Waals surface area contributed by atoms with Gasteiger partial charge in [0.05, 0.1) is 6.10 Å². The molecule has 2 aromatic carbocycles. The highest BCUT2D eigenvalue weighted by Gasteiger charge is 2.27. The number of rotatable bonds is 4. The van der Waals surface area contributed by atoms with E-state index in [4.69, 9.17) is 0 Å². The minimum atomic E-state index is -0.421. The van der Waals surface area contributed by atoms with E-state index in [0.29, 0.717) is 12.3 Å². The van der Waals surface area contributed by atoms with Gasteiger partial charge in [-0.15, -0.1) is 0 Å². The lowest BCUT2D eigenvalue weighted by atomic mass is 9.95. The minimum Gasteiger partial charge on any atom is -0.388 e. The molecule has 0 heterocycles. The van der Waals surface area contributed by atoms with Gasteiger partial charge in [0, 0.05) is 10.9 Å². The molecule has 1 fully saturated rings. The fourth-order valence-electron chi connectivity index (χ4n) is 2.56. The van der Waals surface area contributed by atoms with E-state index in [0.717, 1.165) is 15.6 Å². The van der Waals surface area contributed by atoms with E-state index in [-0.39, 0.29) is 0 Å². The lowest BCUT2D eigenvalue weighted by Crippen LogP contribution is -2.05. The molecule has 0 saturated heterocycles. The highest BCUT2D eigenvalue weighted by Crippen LogP contribution is 2.43. The van der Waals surface area contributed by atoms with E-state index in [1.807, 2.05) is 24.3 Å². The summed E-state index contributed by atoms with van der Waals surface area (Å²) in [5, 5.41) is 10.5. The van der Waals surface area contributed by atoms with Crippen LogP contribution in [-0.4, -0.2) is 5.11 Å². The molecule has 0 bridgehead atoms. The first-order valence-corrected chi connectivity index (χ1v) is 7.55. The SMILES string of the molecule is OC(Cc1ccccc1Br)c1ccccc1C1CC1. The van der Waals surface area contributed by atoms with Gasteiger partial charge in [-0.05, 0) is 41.5 Å². The summed E-state index contributed by atoms with van der Waals surface area (Å²) in [6.07, 6.45) is 2.76. The van der Waals surface area contributed by atoms with Crippen molar-refractivity contribution in [3.05, 3.63) is 69.7 Å². The molecule has 98 valence electrons. The smallest absolute Gasteiger partial charge is 0.0833 e. The van der Waals surface area contributed by atoms with Crippen LogP contribution in [0.3, 0.4) is 0 Å². The van der Waals surface area contributed by atoms with Crippen molar-refractivity contribution >= 4 is 15.9 Å². The van der Waals surface area contributed by atoms with Crippen molar-refractivity contribution in [3.8, 4) is 0 Å². The highest BCUT2D eigenvalue weighted by molar-refractivity contribution is 9.10. The van der Waals surface area contributed by atoms with E-state index in [1.54, 1.807) is 0 Å². The maximum atomic E-state index is 10.5. The summed E-state index contributed by atoms with van der Waals surface area (Å²) in [6, 6.07) is 16.4. The Labute approximate surface area is 122 Å². The molecule has 1 aliphatic carbocycles. The van der Waals surface area contributed by atoms with E-state index >= 15 is 0 Å². The Morgan fingerprint density at radius 2 is 1.74 bits per heavy atom. The molecule has 0 aliphatic heterocycles. The number of hydrogen-bond donors (Lipinski definition) is 1. The summed E-state index contributed by atoms with van der Waals surface area (Å²) in [5.41, 5.74) is 3.59. The molecule has 0 amide bonds. The van der Waals surface area contributed by atoms with Crippen LogP contribution >= 0.6 is 15.9 Å². The molecule has 19 heavy (non-hydrogen) atoms. The third-order valence-electron chi connectivity index (χ3n) is 3.74. The van der Waals surface area contributed by atoms with Crippen LogP contribution in [0.2, 0.25) is 0 Å². The van der Waals surface area contributed by atoms with Crippen molar-refractivity contribution in [2.24, 2.45) is 0 Å². The second-order valence-electron chi connectivity index (χ2n) is 5.21. The number of hydrogen-bond acceptors (Lipinski definition) is 1. The van der Waals surface area contributed by atoms with Gasteiger partial charge in [-0.3, -0.25) is 0 Å². The first-order chi connectivity index (χ1) is 9.25. The van der Waals surface area contributed by atoms with Crippen LogP contribution in [0, 0.1) is 0 Å². The monoisotopic (exact) mass is 316 g/mol. The van der Waals surface area contributed by atoms with Gasteiger partial charge >= 0.3 is 0 Å². The zero-order valence-corrected chi connectivity index (χ0v) is 12.3. The standard InChI is InChI=1S/C17H17BrO/c18-16-8-4-1-5-13(16)11-17(19)15-7-3-2-6-14(15)12-9-10-12/h1-8,12,17,19H,9-11H2. The molecule has 1 unspecified atom stereocenters. The van der Waals surface area contributed by atoms with Gasteiger partial charge in [0.2, 0.25) is 0 Å². The van der Waals surface area contributed by atoms with Crippen molar-refractivity contribution in [3.63, 3.8) is 0 Å². The Hall–Kier alpha value is -1.12. The Morgan fingerprint density at radius 3 is 2.47 bits per heavy atom. The first kappa shape index (κ1) is 12.9. The molecule has 1 aliphatic rings. The Balaban J connectivity index is 1.84. The molecule has 3 rings (SSSR count). The summed E-state index contributed by atoms with van der Waals surface area (Å²) in [6.45, 7) is 0. The molecular weight excluding hydrogens is 300 g/mol. The molecule has 2 heteroatoms. The van der Waals surface area contributed by atoms with Crippen LogP contribution in [0.1, 0.15) is 41.6 Å². The van der Waals surface area contributed by atoms with Crippen LogP contribution in [0.25, 0.3) is 0 Å². The lowest BCUT2D eigenvalue weighted by molar-refractivity contribution is 0.177. The quantitative estimate of drug-likeness (QED) is 0.873. The predicted molar refractivity (Wildman–Crippen MR) is 81.2 cm³/mol. The second kappa shape index (κ2) is 5.48. The molecule has 1 atom stereocenters. The highest BCUT2D eigenvalue weighted by atomic mass is 79.9. The van der Waals surface area contributed by atoms with Crippen molar-refractivity contribution < 1.29 is 5.11 Å². The topological polar surface area (TPSA) is 20.2 Å². The van der Waals surface area contributed by atoms with Gasteiger partial charge < -0.3 is 5.11 Å². The second-order valence-corrected chi connectivity index (χ2v) is 6.07.